The molecule has 0 aromatic carbocycles. The smallest absolute Gasteiger partial charge is 0.0901 e. The summed E-state index contributed by atoms with van der Waals surface area (Å²) >= 11 is 0. The molecule has 3 nitrogen and oxygen atoms in total. The van der Waals surface area contributed by atoms with Crippen LogP contribution in [0.3, 0.4) is 0 Å². The third-order valence-electron chi connectivity index (χ3n) is 2.80. The highest BCUT2D eigenvalue weighted by atomic mass is 16.5. The van der Waals surface area contributed by atoms with Crippen LogP contribution in [0.2, 0.25) is 0 Å². The van der Waals surface area contributed by atoms with Crippen LogP contribution in [-0.4, -0.2) is 5.97 Å². The predicted octanol–water partition coefficient (Wildman–Crippen LogP) is 4.03. The number of carbonyl (C=O) groups excluding carboxylic acids is 1. The Morgan fingerprint density at radius 1 is 0.905 bits per heavy atom. The van der Waals surface area contributed by atoms with Gasteiger partial charge in [-0.2, -0.15) is 0 Å². The summed E-state index contributed by atoms with van der Waals surface area (Å²) in [6, 6.07) is 0. The van der Waals surface area contributed by atoms with Crippen molar-refractivity contribution < 1.29 is 14.6 Å². The first-order valence-corrected chi connectivity index (χ1v) is 7.76. The van der Waals surface area contributed by atoms with Gasteiger partial charge < -0.3 is 14.6 Å². The monoisotopic (exact) mass is 291 g/mol. The zero-order chi connectivity index (χ0) is 15.6. The largest absolute Gasteiger partial charge is 0.550 e. The van der Waals surface area contributed by atoms with Gasteiger partial charge in [0.05, 0.1) is 12.5 Å². The van der Waals surface area contributed by atoms with Crippen LogP contribution in [0.4, 0.5) is 0 Å². The molecule has 0 saturated carbocycles. The lowest BCUT2D eigenvalue weighted by atomic mass is 10.1. The number of carbonyl (C=O) groups is 1. The molecule has 0 heterocycles. The van der Waals surface area contributed by atoms with Crippen molar-refractivity contribution in [3.8, 4) is 0 Å². The first-order valence-electron chi connectivity index (χ1n) is 7.76. The molecule has 0 spiro atoms. The van der Waals surface area contributed by atoms with Crippen molar-refractivity contribution >= 4 is 5.97 Å². The molecule has 118 valence electrons. The van der Waals surface area contributed by atoms with Gasteiger partial charge in [0.1, 0.15) is 0 Å². The summed E-state index contributed by atoms with van der Waals surface area (Å²) in [5.74, 6) is -0.942. The number of carboxylic acids is 1. The SMILES string of the molecule is CC/C=C\C=C/O/C=C/C=C\CCCCCCCC(=O)[O-]. The third-order valence-corrected chi connectivity index (χ3v) is 2.80. The van der Waals surface area contributed by atoms with E-state index in [0.29, 0.717) is 0 Å². The van der Waals surface area contributed by atoms with Gasteiger partial charge in [-0.25, -0.2) is 0 Å². The lowest BCUT2D eigenvalue weighted by molar-refractivity contribution is -0.305. The van der Waals surface area contributed by atoms with E-state index in [1.165, 1.54) is 0 Å². The average molecular weight is 291 g/mol. The fourth-order valence-corrected chi connectivity index (χ4v) is 1.68. The zero-order valence-corrected chi connectivity index (χ0v) is 13.0. The summed E-state index contributed by atoms with van der Waals surface area (Å²) in [5, 5.41) is 10.2. The number of rotatable bonds is 13. The molecule has 3 heteroatoms. The predicted molar refractivity (Wildman–Crippen MR) is 85.3 cm³/mol. The molecule has 21 heavy (non-hydrogen) atoms. The van der Waals surface area contributed by atoms with Crippen LogP contribution in [0.5, 0.6) is 0 Å². The lowest BCUT2D eigenvalue weighted by Crippen LogP contribution is -2.21. The third kappa shape index (κ3) is 18.2. The number of carboxylic acid groups (broad SMARTS) is 1. The van der Waals surface area contributed by atoms with E-state index >= 15 is 0 Å². The minimum Gasteiger partial charge on any atom is -0.550 e. The van der Waals surface area contributed by atoms with Gasteiger partial charge in [-0.15, -0.1) is 0 Å². The number of allylic oxidation sites excluding steroid dienone is 6. The van der Waals surface area contributed by atoms with Crippen molar-refractivity contribution in [2.75, 3.05) is 0 Å². The normalized spacial score (nSPS) is 12.2. The minimum atomic E-state index is -0.942. The Bertz CT molecular complexity index is 351. The lowest BCUT2D eigenvalue weighted by Gasteiger charge is -2.01. The van der Waals surface area contributed by atoms with Crippen molar-refractivity contribution in [1.29, 1.82) is 0 Å². The highest BCUT2D eigenvalue weighted by molar-refractivity contribution is 5.63. The zero-order valence-electron chi connectivity index (χ0n) is 13.0. The molecule has 0 N–H and O–H groups in total. The second kappa shape index (κ2) is 16.3. The molecular formula is C18H27O3-. The number of hydrogen-bond donors (Lipinski definition) is 0. The molecular weight excluding hydrogens is 264 g/mol. The molecule has 0 aliphatic heterocycles. The fraction of sp³-hybridized carbons (Fsp3) is 0.500. The second-order valence-corrected chi connectivity index (χ2v) is 4.74. The van der Waals surface area contributed by atoms with Crippen LogP contribution < -0.4 is 5.11 Å². The van der Waals surface area contributed by atoms with E-state index in [1.807, 2.05) is 24.3 Å². The van der Waals surface area contributed by atoms with Gasteiger partial charge >= 0.3 is 0 Å². The summed E-state index contributed by atoms with van der Waals surface area (Å²) in [6.07, 6.45) is 22.5. The van der Waals surface area contributed by atoms with E-state index in [2.05, 4.69) is 19.1 Å². The van der Waals surface area contributed by atoms with Crippen molar-refractivity contribution in [3.05, 3.63) is 49.0 Å². The maximum Gasteiger partial charge on any atom is 0.0901 e. The molecule has 0 saturated heterocycles. The summed E-state index contributed by atoms with van der Waals surface area (Å²) < 4.78 is 5.15. The number of ether oxygens (including phenoxy) is 1. The van der Waals surface area contributed by atoms with E-state index in [9.17, 15) is 9.90 Å². The number of hydrogen-bond acceptors (Lipinski definition) is 3. The highest BCUT2D eigenvalue weighted by Crippen LogP contribution is 2.07. The Hall–Kier alpha value is -1.77. The van der Waals surface area contributed by atoms with Crippen molar-refractivity contribution in [2.45, 2.75) is 58.3 Å². The molecule has 0 aliphatic carbocycles. The molecule has 0 unspecified atom stereocenters. The van der Waals surface area contributed by atoms with Crippen molar-refractivity contribution in [1.82, 2.24) is 0 Å². The van der Waals surface area contributed by atoms with Crippen LogP contribution in [0.15, 0.2) is 49.0 Å². The van der Waals surface area contributed by atoms with Gasteiger partial charge in [0.2, 0.25) is 0 Å². The minimum absolute atomic E-state index is 0.188. The molecule has 0 aromatic heterocycles. The first kappa shape index (κ1) is 19.2. The summed E-state index contributed by atoms with van der Waals surface area (Å²) in [6.45, 7) is 2.09. The second-order valence-electron chi connectivity index (χ2n) is 4.74. The highest BCUT2D eigenvalue weighted by Gasteiger charge is 1.90. The molecule has 0 radical (unpaired) electrons. The van der Waals surface area contributed by atoms with Gasteiger partial charge in [-0.3, -0.25) is 0 Å². The maximum absolute atomic E-state index is 10.2. The molecule has 0 bridgehead atoms. The van der Waals surface area contributed by atoms with Crippen molar-refractivity contribution in [2.24, 2.45) is 0 Å². The Labute approximate surface area is 128 Å². The average Bonchev–Trinajstić information content (AvgIpc) is 2.46. The molecule has 0 aromatic rings. The number of unbranched alkanes of at least 4 members (excludes halogenated alkanes) is 5. The van der Waals surface area contributed by atoms with Gasteiger partial charge in [0.15, 0.2) is 0 Å². The Kier molecular flexibility index (Phi) is 14.9. The van der Waals surface area contributed by atoms with Gasteiger partial charge in [0.25, 0.3) is 0 Å². The first-order chi connectivity index (χ1) is 10.3. The van der Waals surface area contributed by atoms with Crippen molar-refractivity contribution in [3.63, 3.8) is 0 Å². The van der Waals surface area contributed by atoms with Crippen LogP contribution >= 0.6 is 0 Å². The summed E-state index contributed by atoms with van der Waals surface area (Å²) in [5.41, 5.74) is 0. The van der Waals surface area contributed by atoms with E-state index in [4.69, 9.17) is 4.74 Å². The van der Waals surface area contributed by atoms with Gasteiger partial charge in [-0.1, -0.05) is 50.5 Å². The molecule has 0 atom stereocenters. The Balaban J connectivity index is 3.34. The molecule has 0 rings (SSSR count). The van der Waals surface area contributed by atoms with E-state index in [-0.39, 0.29) is 6.42 Å². The quantitative estimate of drug-likeness (QED) is 0.292. The van der Waals surface area contributed by atoms with Crippen LogP contribution in [-0.2, 0) is 9.53 Å². The number of aliphatic carboxylic acids is 1. The maximum atomic E-state index is 10.2. The van der Waals surface area contributed by atoms with E-state index in [1.54, 1.807) is 12.5 Å². The fourth-order valence-electron chi connectivity index (χ4n) is 1.68. The molecule has 0 fully saturated rings. The standard InChI is InChI=1S/C18H28O3/c1-2-3-4-13-16-21-17-14-11-9-7-5-6-8-10-12-15-18(19)20/h3-4,9,11,13-14,16-17H,2,5-8,10,12,15H2,1H3,(H,19,20)/p-1/b4-3-,11-9-,16-13-,17-14+. The Morgan fingerprint density at radius 3 is 2.19 bits per heavy atom. The van der Waals surface area contributed by atoms with Crippen LogP contribution in [0, 0.1) is 0 Å². The molecule has 0 aliphatic rings. The topological polar surface area (TPSA) is 49.4 Å². The Morgan fingerprint density at radius 2 is 1.52 bits per heavy atom. The van der Waals surface area contributed by atoms with Crippen LogP contribution in [0.25, 0.3) is 0 Å². The van der Waals surface area contributed by atoms with E-state index in [0.717, 1.165) is 44.9 Å². The molecule has 0 amide bonds. The summed E-state index contributed by atoms with van der Waals surface area (Å²) in [4.78, 5) is 10.2. The van der Waals surface area contributed by atoms with E-state index < -0.39 is 5.97 Å². The van der Waals surface area contributed by atoms with Gasteiger partial charge in [-0.05, 0) is 44.3 Å². The summed E-state index contributed by atoms with van der Waals surface area (Å²) in [7, 11) is 0. The van der Waals surface area contributed by atoms with Crippen LogP contribution in [0.1, 0.15) is 58.3 Å². The van der Waals surface area contributed by atoms with Gasteiger partial charge in [0, 0.05) is 5.97 Å².